The van der Waals surface area contributed by atoms with Crippen LogP contribution in [0.3, 0.4) is 0 Å². The second kappa shape index (κ2) is 23.8. The largest absolute Gasteiger partial charge is 0.473 e. The molecule has 448 valence electrons. The van der Waals surface area contributed by atoms with Gasteiger partial charge in [-0.25, -0.2) is 72.7 Å². The number of esters is 2. The SMILES string of the molecule is N#Cc1ccc(COc2cccc(-c3cc(F)c(Cc4nc5ccc(C(=O)OC(=O)c6ccc7nc(Cc8cc(F)c(-c9cccc(OCc%10ccc(C#N)cc%10F)n9)cc8F)n(C8CCS(=O)(=O)C8)c7c6)cc5n4C4CCS(=O)(=O)C4)cc3F)n2)c(F)c1. The number of nitrogens with zero attached hydrogens (tertiary/aromatic N) is 8. The predicted molar refractivity (Wildman–Crippen MR) is 310 cm³/mol. The van der Waals surface area contributed by atoms with Crippen molar-refractivity contribution in [2.45, 2.75) is 51.0 Å². The molecule has 89 heavy (non-hydrogen) atoms. The number of halogens is 6. The quantitative estimate of drug-likeness (QED) is 0.0496. The van der Waals surface area contributed by atoms with Crippen LogP contribution in [0, 0.1) is 57.6 Å². The van der Waals surface area contributed by atoms with Crippen LogP contribution in [0.25, 0.3) is 44.6 Å². The molecule has 0 saturated carbocycles. The Morgan fingerprint density at radius 1 is 0.494 bits per heavy atom. The van der Waals surface area contributed by atoms with Crippen LogP contribution in [0.15, 0.2) is 133 Å². The second-order valence-corrected chi connectivity index (χ2v) is 25.8. The molecule has 0 aliphatic carbocycles. The van der Waals surface area contributed by atoms with E-state index in [1.165, 1.54) is 97.1 Å². The van der Waals surface area contributed by atoms with Gasteiger partial charge in [0.05, 0.1) is 103 Å². The minimum atomic E-state index is -3.56. The number of fused-ring (bicyclic) bond motifs is 2. The van der Waals surface area contributed by atoms with E-state index < -0.39 is 78.6 Å². The highest BCUT2D eigenvalue weighted by Crippen LogP contribution is 2.36. The lowest BCUT2D eigenvalue weighted by Gasteiger charge is -2.17. The molecule has 6 aromatic carbocycles. The first kappa shape index (κ1) is 59.1. The van der Waals surface area contributed by atoms with Crippen LogP contribution in [-0.2, 0) is 50.5 Å². The third kappa shape index (κ3) is 12.4. The molecule has 2 saturated heterocycles. The van der Waals surface area contributed by atoms with Crippen molar-refractivity contribution in [3.8, 4) is 46.4 Å². The zero-order valence-electron chi connectivity index (χ0n) is 46.3. The number of aromatic nitrogens is 6. The number of pyridine rings is 2. The number of sulfone groups is 2. The number of ether oxygens (including phenoxy) is 3. The molecule has 0 bridgehead atoms. The van der Waals surface area contributed by atoms with E-state index in [0.29, 0.717) is 0 Å². The first-order chi connectivity index (χ1) is 42.7. The Kier molecular flexibility index (Phi) is 15.8. The van der Waals surface area contributed by atoms with Crippen molar-refractivity contribution in [2.24, 2.45) is 0 Å². The van der Waals surface area contributed by atoms with Gasteiger partial charge in [0.15, 0.2) is 19.7 Å². The number of benzene rings is 6. The zero-order valence-corrected chi connectivity index (χ0v) is 47.9. The summed E-state index contributed by atoms with van der Waals surface area (Å²) in [6, 6.07) is 30.6. The first-order valence-corrected chi connectivity index (χ1v) is 31.1. The van der Waals surface area contributed by atoms with Crippen LogP contribution < -0.4 is 9.47 Å². The molecule has 4 aromatic heterocycles. The summed E-state index contributed by atoms with van der Waals surface area (Å²) in [7, 11) is -7.11. The van der Waals surface area contributed by atoms with Crippen molar-refractivity contribution >= 4 is 53.7 Å². The van der Waals surface area contributed by atoms with Gasteiger partial charge in [0.25, 0.3) is 0 Å². The number of carbonyl (C=O) groups is 2. The Morgan fingerprint density at radius 2 is 0.910 bits per heavy atom. The average Bonchev–Trinajstić information content (AvgIpc) is 1.74. The van der Waals surface area contributed by atoms with Crippen molar-refractivity contribution < 1.29 is 67.0 Å². The van der Waals surface area contributed by atoms with Crippen LogP contribution in [0.5, 0.6) is 11.8 Å². The standard InChI is InChI=1S/C64H44F6N8O9S2/c65-47-19-35(29-71)7-9-39(47)31-85-61-5-1-3-53(75-61)45-27-49(67)41(21-51(45)69)25-59-73-55-13-11-37(23-57(55)77(59)43-15-17-88(81,82)33-43)63(79)87-64(80)38-12-14-56-58(24-38)78(44-16-18-89(83,84)34-44)60(74-56)26-42-22-52(70)46(28-50(42)68)54-4-2-6-62(76-54)86-32-40-10-8-36(30-72)20-48(40)66/h1-14,19-24,27-28,43-44H,15-18,25-26,31-34H2. The summed E-state index contributed by atoms with van der Waals surface area (Å²) in [6.07, 6.45) is -0.445. The Labute approximate surface area is 502 Å². The summed E-state index contributed by atoms with van der Waals surface area (Å²) < 4.78 is 165. The van der Waals surface area contributed by atoms with Gasteiger partial charge < -0.3 is 23.3 Å². The fourth-order valence-corrected chi connectivity index (χ4v) is 14.4. The van der Waals surface area contributed by atoms with E-state index in [0.717, 1.165) is 36.4 Å². The highest BCUT2D eigenvalue weighted by Gasteiger charge is 2.35. The molecular weight excluding hydrogens is 1200 g/mol. The van der Waals surface area contributed by atoms with Crippen LogP contribution in [0.4, 0.5) is 26.3 Å². The lowest BCUT2D eigenvalue weighted by Crippen LogP contribution is -2.16. The molecule has 25 heteroatoms. The molecule has 0 spiro atoms. The lowest BCUT2D eigenvalue weighted by molar-refractivity contribution is 0.0397. The normalized spacial score (nSPS) is 15.9. The summed E-state index contributed by atoms with van der Waals surface area (Å²) in [4.78, 5) is 45.8. The number of hydrogen-bond donors (Lipinski definition) is 0. The van der Waals surface area contributed by atoms with E-state index in [4.69, 9.17) is 24.7 Å². The molecule has 2 atom stereocenters. The molecule has 0 radical (unpaired) electrons. The van der Waals surface area contributed by atoms with Crippen molar-refractivity contribution in [2.75, 3.05) is 23.0 Å². The van der Waals surface area contributed by atoms with Crippen LogP contribution in [-0.4, -0.2) is 80.9 Å². The monoisotopic (exact) mass is 1250 g/mol. The van der Waals surface area contributed by atoms with Gasteiger partial charge in [-0.3, -0.25) is 0 Å². The van der Waals surface area contributed by atoms with Gasteiger partial charge in [-0.2, -0.15) is 10.5 Å². The van der Waals surface area contributed by atoms with Crippen LogP contribution in [0.2, 0.25) is 0 Å². The van der Waals surface area contributed by atoms with Crippen molar-refractivity contribution in [1.29, 1.82) is 10.5 Å². The van der Waals surface area contributed by atoms with Gasteiger partial charge in [-0.05, 0) is 121 Å². The van der Waals surface area contributed by atoms with Gasteiger partial charge in [0.2, 0.25) is 11.8 Å². The molecule has 0 N–H and O–H groups in total. The van der Waals surface area contributed by atoms with E-state index in [-0.39, 0.29) is 174 Å². The molecular formula is C64H44F6N8O9S2. The van der Waals surface area contributed by atoms with Gasteiger partial charge in [0.1, 0.15) is 59.8 Å². The van der Waals surface area contributed by atoms with Crippen molar-refractivity contribution in [1.82, 2.24) is 29.1 Å². The van der Waals surface area contributed by atoms with E-state index in [2.05, 4.69) is 19.9 Å². The second-order valence-electron chi connectivity index (χ2n) is 21.3. The van der Waals surface area contributed by atoms with E-state index in [1.807, 2.05) is 12.1 Å². The third-order valence-corrected chi connectivity index (χ3v) is 18.9. The van der Waals surface area contributed by atoms with E-state index in [9.17, 15) is 35.2 Å². The molecule has 2 aliphatic rings. The predicted octanol–water partition coefficient (Wildman–Crippen LogP) is 11.1. The minimum absolute atomic E-state index is 0.00662. The Hall–Kier alpha value is -10.2. The highest BCUT2D eigenvalue weighted by atomic mass is 32.2. The van der Waals surface area contributed by atoms with Crippen LogP contribution >= 0.6 is 0 Å². The fraction of sp³-hybridized carbons (Fsp3) is 0.188. The third-order valence-electron chi connectivity index (χ3n) is 15.4. The summed E-state index contributed by atoms with van der Waals surface area (Å²) in [5, 5.41) is 18.1. The molecule has 17 nitrogen and oxygen atoms in total. The molecule has 2 fully saturated rings. The molecule has 2 unspecified atom stereocenters. The van der Waals surface area contributed by atoms with E-state index in [1.54, 1.807) is 9.13 Å². The molecule has 6 heterocycles. The summed E-state index contributed by atoms with van der Waals surface area (Å²) in [6.45, 7) is -0.548. The topological polar surface area (TPSA) is 239 Å². The highest BCUT2D eigenvalue weighted by molar-refractivity contribution is 7.91. The summed E-state index contributed by atoms with van der Waals surface area (Å²) >= 11 is 0. The number of rotatable bonds is 16. The lowest BCUT2D eigenvalue weighted by atomic mass is 10.0. The maximum absolute atomic E-state index is 16.2. The first-order valence-electron chi connectivity index (χ1n) is 27.4. The van der Waals surface area contributed by atoms with Crippen LogP contribution in [0.1, 0.15) is 90.7 Å². The maximum atomic E-state index is 16.2. The summed E-state index contributed by atoms with van der Waals surface area (Å²) in [5.74, 6) is -7.92. The molecule has 12 rings (SSSR count). The van der Waals surface area contributed by atoms with Gasteiger partial charge >= 0.3 is 11.9 Å². The van der Waals surface area contributed by atoms with E-state index >= 15 is 17.6 Å². The zero-order chi connectivity index (χ0) is 62.5. The molecule has 0 amide bonds. The Balaban J connectivity index is 0.784. The smallest absolute Gasteiger partial charge is 0.346 e. The van der Waals surface area contributed by atoms with Gasteiger partial charge in [0, 0.05) is 47.2 Å². The Morgan fingerprint density at radius 3 is 1.29 bits per heavy atom. The molecule has 2 aliphatic heterocycles. The fourth-order valence-electron chi connectivity index (χ4n) is 11.0. The van der Waals surface area contributed by atoms with Gasteiger partial charge in [-0.1, -0.05) is 24.3 Å². The number of hydrogen-bond acceptors (Lipinski definition) is 15. The average molecular weight is 1250 g/mol. The molecule has 10 aromatic rings. The Bertz CT molecular complexity index is 4610. The summed E-state index contributed by atoms with van der Waals surface area (Å²) in [5.41, 5.74) is 0.333. The minimum Gasteiger partial charge on any atom is -0.473 e. The van der Waals surface area contributed by atoms with Crippen molar-refractivity contribution in [3.05, 3.63) is 225 Å². The van der Waals surface area contributed by atoms with Gasteiger partial charge in [-0.15, -0.1) is 0 Å². The van der Waals surface area contributed by atoms with Crippen molar-refractivity contribution in [3.63, 3.8) is 0 Å². The number of carbonyl (C=O) groups excluding carboxylic acids is 2. The number of nitriles is 2. The number of imidazole rings is 2. The maximum Gasteiger partial charge on any atom is 0.346 e.